The van der Waals surface area contributed by atoms with Crippen molar-refractivity contribution in [1.29, 1.82) is 0 Å². The topological polar surface area (TPSA) is 50.7 Å². The Morgan fingerprint density at radius 2 is 2.17 bits per heavy atom. The van der Waals surface area contributed by atoms with Crippen LogP contribution in [0.1, 0.15) is 20.1 Å². The third-order valence-electron chi connectivity index (χ3n) is 2.30. The Morgan fingerprint density at radius 1 is 1.39 bits per heavy atom. The van der Waals surface area contributed by atoms with E-state index in [1.165, 1.54) is 24.0 Å². The number of rotatable bonds is 4. The van der Waals surface area contributed by atoms with Crippen molar-refractivity contribution in [3.63, 3.8) is 0 Å². The lowest BCUT2D eigenvalue weighted by Crippen LogP contribution is -2.01. The molecule has 0 amide bonds. The average Bonchev–Trinajstić information content (AvgIpc) is 2.98. The third kappa shape index (κ3) is 2.77. The number of hydrogen-bond acceptors (Lipinski definition) is 6. The van der Waals surface area contributed by atoms with Crippen LogP contribution < -0.4 is 5.43 Å². The van der Waals surface area contributed by atoms with Crippen molar-refractivity contribution in [2.45, 2.75) is 6.92 Å². The first kappa shape index (κ1) is 12.8. The van der Waals surface area contributed by atoms with Gasteiger partial charge >= 0.3 is 5.97 Å². The van der Waals surface area contributed by atoms with E-state index in [1.807, 2.05) is 23.8 Å². The van der Waals surface area contributed by atoms with Gasteiger partial charge in [-0.25, -0.2) is 4.79 Å². The number of esters is 1. The second-order valence-electron chi connectivity index (χ2n) is 3.49. The van der Waals surface area contributed by atoms with Gasteiger partial charge in [0.1, 0.15) is 4.88 Å². The fourth-order valence-electron chi connectivity index (χ4n) is 1.33. The SMILES string of the molecule is COC(=O)c1sccc1N/N=C/c1sccc1C. The Balaban J connectivity index is 2.07. The summed E-state index contributed by atoms with van der Waals surface area (Å²) in [5.41, 5.74) is 4.71. The van der Waals surface area contributed by atoms with Crippen molar-refractivity contribution in [2.24, 2.45) is 5.10 Å². The predicted octanol–water partition coefficient (Wildman–Crippen LogP) is 3.35. The molecule has 0 aliphatic heterocycles. The highest BCUT2D eigenvalue weighted by molar-refractivity contribution is 7.12. The largest absolute Gasteiger partial charge is 0.465 e. The molecule has 0 aromatic carbocycles. The highest BCUT2D eigenvalue weighted by Gasteiger charge is 2.12. The normalized spacial score (nSPS) is 10.8. The molecule has 4 nitrogen and oxygen atoms in total. The standard InChI is InChI=1S/C12H12N2O2S2/c1-8-3-5-17-10(8)7-13-14-9-4-6-18-11(9)12(15)16-2/h3-7,14H,1-2H3/b13-7+. The maximum atomic E-state index is 11.4. The predicted molar refractivity (Wildman–Crippen MR) is 75.9 cm³/mol. The zero-order chi connectivity index (χ0) is 13.0. The number of ether oxygens (including phenoxy) is 1. The molecule has 0 radical (unpaired) electrons. The van der Waals surface area contributed by atoms with Crippen LogP contribution in [0, 0.1) is 6.92 Å². The van der Waals surface area contributed by atoms with Crippen LogP contribution in [0.25, 0.3) is 0 Å². The van der Waals surface area contributed by atoms with Gasteiger partial charge in [-0.3, -0.25) is 5.43 Å². The minimum Gasteiger partial charge on any atom is -0.465 e. The van der Waals surface area contributed by atoms with Crippen LogP contribution in [0.5, 0.6) is 0 Å². The van der Waals surface area contributed by atoms with E-state index >= 15 is 0 Å². The number of aryl methyl sites for hydroxylation is 1. The molecule has 0 saturated heterocycles. The summed E-state index contributed by atoms with van der Waals surface area (Å²) in [6.45, 7) is 2.03. The summed E-state index contributed by atoms with van der Waals surface area (Å²) in [5.74, 6) is -0.352. The Bertz CT molecular complexity index is 572. The number of carbonyl (C=O) groups is 1. The van der Waals surface area contributed by atoms with E-state index in [0.717, 1.165) is 4.88 Å². The lowest BCUT2D eigenvalue weighted by molar-refractivity contribution is 0.0607. The maximum Gasteiger partial charge on any atom is 0.350 e. The summed E-state index contributed by atoms with van der Waals surface area (Å²) in [7, 11) is 1.37. The van der Waals surface area contributed by atoms with Crippen LogP contribution >= 0.6 is 22.7 Å². The first-order valence-corrected chi connectivity index (χ1v) is 6.97. The second kappa shape index (κ2) is 5.79. The zero-order valence-corrected chi connectivity index (χ0v) is 11.6. The molecule has 0 unspecified atom stereocenters. The summed E-state index contributed by atoms with van der Waals surface area (Å²) >= 11 is 2.95. The third-order valence-corrected chi connectivity index (χ3v) is 4.15. The fourth-order valence-corrected chi connectivity index (χ4v) is 2.87. The zero-order valence-electron chi connectivity index (χ0n) is 9.97. The molecular formula is C12H12N2O2S2. The first-order chi connectivity index (χ1) is 8.72. The van der Waals surface area contributed by atoms with Gasteiger partial charge in [0.2, 0.25) is 0 Å². The van der Waals surface area contributed by atoms with Gasteiger partial charge in [0, 0.05) is 4.88 Å². The molecule has 0 bridgehead atoms. The molecule has 2 rings (SSSR count). The van der Waals surface area contributed by atoms with Gasteiger partial charge in [-0.15, -0.1) is 22.7 Å². The molecular weight excluding hydrogens is 268 g/mol. The van der Waals surface area contributed by atoms with Crippen LogP contribution in [0.3, 0.4) is 0 Å². The van der Waals surface area contributed by atoms with Crippen LogP contribution in [0.2, 0.25) is 0 Å². The number of thiophene rings is 2. The first-order valence-electron chi connectivity index (χ1n) is 5.21. The van der Waals surface area contributed by atoms with Gasteiger partial charge in [0.25, 0.3) is 0 Å². The molecule has 0 saturated carbocycles. The van der Waals surface area contributed by atoms with Gasteiger partial charge in [0.05, 0.1) is 19.0 Å². The molecule has 2 heterocycles. The maximum absolute atomic E-state index is 11.4. The molecule has 0 spiro atoms. The molecule has 0 aliphatic carbocycles. The molecule has 2 aromatic rings. The van der Waals surface area contributed by atoms with E-state index in [2.05, 4.69) is 15.3 Å². The number of methoxy groups -OCH3 is 1. The molecule has 0 aliphatic rings. The Labute approximate surface area is 113 Å². The van der Waals surface area contributed by atoms with E-state index < -0.39 is 0 Å². The number of anilines is 1. The number of carbonyl (C=O) groups excluding carboxylic acids is 1. The van der Waals surface area contributed by atoms with Crippen molar-refractivity contribution < 1.29 is 9.53 Å². The average molecular weight is 280 g/mol. The van der Waals surface area contributed by atoms with E-state index in [1.54, 1.807) is 23.6 Å². The van der Waals surface area contributed by atoms with E-state index in [0.29, 0.717) is 10.6 Å². The second-order valence-corrected chi connectivity index (χ2v) is 5.36. The van der Waals surface area contributed by atoms with Crippen molar-refractivity contribution in [3.05, 3.63) is 38.2 Å². The monoisotopic (exact) mass is 280 g/mol. The van der Waals surface area contributed by atoms with E-state index in [9.17, 15) is 4.79 Å². The number of nitrogens with one attached hydrogen (secondary N) is 1. The van der Waals surface area contributed by atoms with Gasteiger partial charge in [0.15, 0.2) is 0 Å². The summed E-state index contributed by atoms with van der Waals surface area (Å²) in [5, 5.41) is 7.96. The van der Waals surface area contributed by atoms with Crippen LogP contribution in [-0.4, -0.2) is 19.3 Å². The molecule has 1 N–H and O–H groups in total. The van der Waals surface area contributed by atoms with E-state index in [-0.39, 0.29) is 5.97 Å². The Morgan fingerprint density at radius 3 is 2.83 bits per heavy atom. The fraction of sp³-hybridized carbons (Fsp3) is 0.167. The lowest BCUT2D eigenvalue weighted by atomic mass is 10.3. The highest BCUT2D eigenvalue weighted by Crippen LogP contribution is 2.23. The summed E-state index contributed by atoms with van der Waals surface area (Å²) in [4.78, 5) is 13.1. The smallest absolute Gasteiger partial charge is 0.350 e. The van der Waals surface area contributed by atoms with Gasteiger partial charge in [-0.05, 0) is 35.4 Å². The van der Waals surface area contributed by atoms with E-state index in [4.69, 9.17) is 0 Å². The van der Waals surface area contributed by atoms with Crippen molar-refractivity contribution in [1.82, 2.24) is 0 Å². The molecule has 6 heteroatoms. The van der Waals surface area contributed by atoms with Crippen molar-refractivity contribution in [3.8, 4) is 0 Å². The van der Waals surface area contributed by atoms with Crippen LogP contribution in [0.4, 0.5) is 5.69 Å². The minimum atomic E-state index is -0.352. The van der Waals surface area contributed by atoms with Crippen LogP contribution in [-0.2, 0) is 4.74 Å². The van der Waals surface area contributed by atoms with Gasteiger partial charge < -0.3 is 4.74 Å². The molecule has 18 heavy (non-hydrogen) atoms. The molecule has 0 fully saturated rings. The van der Waals surface area contributed by atoms with Crippen molar-refractivity contribution >= 4 is 40.5 Å². The highest BCUT2D eigenvalue weighted by atomic mass is 32.1. The summed E-state index contributed by atoms with van der Waals surface area (Å²) in [6.07, 6.45) is 1.75. The number of hydrazone groups is 1. The summed E-state index contributed by atoms with van der Waals surface area (Å²) < 4.78 is 4.69. The van der Waals surface area contributed by atoms with Crippen molar-refractivity contribution in [2.75, 3.05) is 12.5 Å². The van der Waals surface area contributed by atoms with Crippen LogP contribution in [0.15, 0.2) is 28.0 Å². The number of nitrogens with zero attached hydrogens (tertiary/aromatic N) is 1. The summed E-state index contributed by atoms with van der Waals surface area (Å²) in [6, 6.07) is 3.84. The van der Waals surface area contributed by atoms with Gasteiger partial charge in [-0.1, -0.05) is 0 Å². The Hall–Kier alpha value is -1.66. The molecule has 0 atom stereocenters. The molecule has 2 aromatic heterocycles. The minimum absolute atomic E-state index is 0.352. The lowest BCUT2D eigenvalue weighted by Gasteiger charge is -2.00. The Kier molecular flexibility index (Phi) is 4.11. The van der Waals surface area contributed by atoms with Gasteiger partial charge in [-0.2, -0.15) is 5.10 Å². The number of hydrogen-bond donors (Lipinski definition) is 1. The molecule has 94 valence electrons. The quantitative estimate of drug-likeness (QED) is 0.531.